The van der Waals surface area contributed by atoms with E-state index < -0.39 is 5.60 Å². The van der Waals surface area contributed by atoms with E-state index in [1.165, 1.54) is 5.56 Å². The third-order valence-electron chi connectivity index (χ3n) is 8.95. The van der Waals surface area contributed by atoms with Crippen molar-refractivity contribution in [1.29, 1.82) is 0 Å². The Balaban J connectivity index is 1.10. The summed E-state index contributed by atoms with van der Waals surface area (Å²) in [5, 5.41) is 14.8. The Morgan fingerprint density at radius 3 is 2.40 bits per heavy atom. The van der Waals surface area contributed by atoms with Gasteiger partial charge >= 0.3 is 6.09 Å². The first-order chi connectivity index (χ1) is 24.1. The van der Waals surface area contributed by atoms with Crippen LogP contribution in [0.5, 0.6) is 11.5 Å². The molecule has 4 heterocycles. The molecule has 2 saturated heterocycles. The number of ether oxygens (including phenoxy) is 2. The molecule has 7 rings (SSSR count). The van der Waals surface area contributed by atoms with Gasteiger partial charge < -0.3 is 23.8 Å². The molecule has 0 radical (unpaired) electrons. The van der Waals surface area contributed by atoms with Crippen molar-refractivity contribution in [2.75, 3.05) is 19.6 Å². The van der Waals surface area contributed by atoms with Gasteiger partial charge in [-0.2, -0.15) is 4.98 Å². The number of rotatable bonds is 8. The van der Waals surface area contributed by atoms with E-state index in [1.54, 1.807) is 23.2 Å². The molecule has 2 fully saturated rings. The number of carbonyl (C=O) groups excluding carboxylic acids is 2. The second-order valence-electron chi connectivity index (χ2n) is 13.9. The number of nitrogens with zero attached hydrogens (tertiary/aromatic N) is 6. The van der Waals surface area contributed by atoms with E-state index in [1.807, 2.05) is 86.3 Å². The average molecular weight is 693 g/mol. The molecule has 50 heavy (non-hydrogen) atoms. The summed E-state index contributed by atoms with van der Waals surface area (Å²) in [7, 11) is 0. The van der Waals surface area contributed by atoms with Gasteiger partial charge in [-0.3, -0.25) is 4.79 Å². The normalized spacial score (nSPS) is 17.0. The van der Waals surface area contributed by atoms with Gasteiger partial charge in [-0.05, 0) is 76.4 Å². The fraction of sp³-hybridized carbons (Fsp3) is 0.368. The van der Waals surface area contributed by atoms with Crippen LogP contribution in [0.2, 0.25) is 0 Å². The summed E-state index contributed by atoms with van der Waals surface area (Å²) >= 11 is 1.57. The summed E-state index contributed by atoms with van der Waals surface area (Å²) < 4.78 is 17.4. The van der Waals surface area contributed by atoms with Gasteiger partial charge in [0.2, 0.25) is 5.91 Å². The molecule has 2 aliphatic rings. The van der Waals surface area contributed by atoms with E-state index in [9.17, 15) is 9.59 Å². The highest BCUT2D eigenvalue weighted by atomic mass is 32.1. The summed E-state index contributed by atoms with van der Waals surface area (Å²) in [6.45, 7) is 9.73. The van der Waals surface area contributed by atoms with Crippen molar-refractivity contribution < 1.29 is 23.6 Å². The smallest absolute Gasteiger partial charge is 0.410 e. The number of benzene rings is 3. The number of carbonyl (C=O) groups is 2. The quantitative estimate of drug-likeness (QED) is 0.159. The maximum Gasteiger partial charge on any atom is 0.410 e. The Bertz CT molecular complexity index is 1960. The molecule has 12 heteroatoms. The molecule has 5 aromatic rings. The zero-order chi connectivity index (χ0) is 34.8. The highest BCUT2D eigenvalue weighted by Crippen LogP contribution is 2.38. The SMILES string of the molecule is Cc1noc(-c2ccc(Oc3cc(-c4nnc(C5CCN(C(=O)OC(C)(C)C)CC5)s4)ccc3CN3CC(c4ccccc4)CC3=O)cc2)n1. The fourth-order valence-electron chi connectivity index (χ4n) is 6.35. The molecule has 1 unspecified atom stereocenters. The number of amides is 2. The van der Waals surface area contributed by atoms with Crippen LogP contribution in [0.1, 0.15) is 73.8 Å². The lowest BCUT2D eigenvalue weighted by molar-refractivity contribution is -0.128. The molecule has 258 valence electrons. The first-order valence-corrected chi connectivity index (χ1v) is 17.8. The molecule has 1 atom stereocenters. The molecule has 0 saturated carbocycles. The van der Waals surface area contributed by atoms with Crippen LogP contribution in [-0.2, 0) is 16.1 Å². The largest absolute Gasteiger partial charge is 0.457 e. The number of hydrogen-bond donors (Lipinski definition) is 0. The van der Waals surface area contributed by atoms with E-state index in [-0.39, 0.29) is 23.8 Å². The van der Waals surface area contributed by atoms with Crippen LogP contribution < -0.4 is 4.74 Å². The number of likely N-dealkylation sites (tertiary alicyclic amines) is 2. The highest BCUT2D eigenvalue weighted by molar-refractivity contribution is 7.14. The lowest BCUT2D eigenvalue weighted by Gasteiger charge is -2.32. The van der Waals surface area contributed by atoms with Gasteiger partial charge in [-0.25, -0.2) is 4.79 Å². The standard InChI is InChI=1S/C38H40N6O5S/c1-24-39-34(49-42-24)26-12-14-31(15-13-26)47-32-20-28(10-11-29(32)22-44-23-30(21-33(44)45)25-8-6-5-7-9-25)36-41-40-35(50-36)27-16-18-43(19-17-27)37(46)48-38(2,3)4/h5-15,20,27,30H,16-19,21-23H2,1-4H3. The Kier molecular flexibility index (Phi) is 9.37. The van der Waals surface area contributed by atoms with Crippen molar-refractivity contribution in [3.8, 4) is 33.5 Å². The van der Waals surface area contributed by atoms with Gasteiger partial charge in [0, 0.05) is 61.1 Å². The maximum absolute atomic E-state index is 13.2. The minimum atomic E-state index is -0.521. The van der Waals surface area contributed by atoms with Gasteiger partial charge in [0.15, 0.2) is 5.82 Å². The van der Waals surface area contributed by atoms with Crippen LogP contribution in [0.15, 0.2) is 77.3 Å². The number of piperidine rings is 1. The van der Waals surface area contributed by atoms with Crippen LogP contribution in [-0.4, -0.2) is 67.4 Å². The Morgan fingerprint density at radius 2 is 1.70 bits per heavy atom. The molecule has 2 aliphatic heterocycles. The van der Waals surface area contributed by atoms with Crippen molar-refractivity contribution >= 4 is 23.3 Å². The van der Waals surface area contributed by atoms with Crippen molar-refractivity contribution in [2.45, 2.75) is 70.9 Å². The summed E-state index contributed by atoms with van der Waals surface area (Å²) in [4.78, 5) is 33.7. The van der Waals surface area contributed by atoms with Gasteiger partial charge in [-0.1, -0.05) is 59.0 Å². The summed E-state index contributed by atoms with van der Waals surface area (Å²) in [6.07, 6.45) is 1.81. The molecular formula is C38H40N6O5S. The number of aromatic nitrogens is 4. The fourth-order valence-corrected chi connectivity index (χ4v) is 7.36. The number of hydrogen-bond acceptors (Lipinski definition) is 10. The van der Waals surface area contributed by atoms with E-state index >= 15 is 0 Å². The molecule has 3 aromatic carbocycles. The molecule has 2 amide bonds. The third kappa shape index (κ3) is 7.70. The third-order valence-corrected chi connectivity index (χ3v) is 10.1. The van der Waals surface area contributed by atoms with Gasteiger partial charge in [0.05, 0.1) is 0 Å². The van der Waals surface area contributed by atoms with Crippen molar-refractivity contribution in [3.05, 3.63) is 94.8 Å². The first kappa shape index (κ1) is 33.4. The lowest BCUT2D eigenvalue weighted by Crippen LogP contribution is -2.41. The van der Waals surface area contributed by atoms with Crippen molar-refractivity contribution in [1.82, 2.24) is 30.1 Å². The topological polar surface area (TPSA) is 124 Å². The van der Waals surface area contributed by atoms with Crippen LogP contribution in [0, 0.1) is 6.92 Å². The van der Waals surface area contributed by atoms with E-state index in [0.717, 1.165) is 39.5 Å². The Labute approximate surface area is 295 Å². The second kappa shape index (κ2) is 14.0. The molecule has 0 N–H and O–H groups in total. The minimum Gasteiger partial charge on any atom is -0.457 e. The maximum atomic E-state index is 13.2. The summed E-state index contributed by atoms with van der Waals surface area (Å²) in [5.74, 6) is 2.78. The molecule has 0 spiro atoms. The summed E-state index contributed by atoms with van der Waals surface area (Å²) in [5.41, 5.74) is 3.22. The average Bonchev–Trinajstić information content (AvgIpc) is 3.86. The van der Waals surface area contributed by atoms with Gasteiger partial charge in [-0.15, -0.1) is 10.2 Å². The van der Waals surface area contributed by atoms with Crippen molar-refractivity contribution in [2.24, 2.45) is 0 Å². The zero-order valence-corrected chi connectivity index (χ0v) is 29.5. The van der Waals surface area contributed by atoms with Crippen LogP contribution in [0.4, 0.5) is 4.79 Å². The summed E-state index contributed by atoms with van der Waals surface area (Å²) in [6, 6.07) is 23.7. The molecule has 0 bridgehead atoms. The molecule has 11 nitrogen and oxygen atoms in total. The van der Waals surface area contributed by atoms with Gasteiger partial charge in [0.1, 0.15) is 27.1 Å². The van der Waals surface area contributed by atoms with E-state index in [2.05, 4.69) is 32.5 Å². The molecule has 2 aromatic heterocycles. The van der Waals surface area contributed by atoms with Crippen LogP contribution in [0.25, 0.3) is 22.0 Å². The molecule has 0 aliphatic carbocycles. The second-order valence-corrected chi connectivity index (χ2v) is 14.9. The first-order valence-electron chi connectivity index (χ1n) is 16.9. The van der Waals surface area contributed by atoms with E-state index in [4.69, 9.17) is 14.0 Å². The lowest BCUT2D eigenvalue weighted by atomic mass is 9.98. The highest BCUT2D eigenvalue weighted by Gasteiger charge is 2.32. The van der Waals surface area contributed by atoms with Crippen LogP contribution >= 0.6 is 11.3 Å². The monoisotopic (exact) mass is 692 g/mol. The van der Waals surface area contributed by atoms with Crippen LogP contribution in [0.3, 0.4) is 0 Å². The predicted molar refractivity (Wildman–Crippen MR) is 189 cm³/mol. The van der Waals surface area contributed by atoms with Gasteiger partial charge in [0.25, 0.3) is 5.89 Å². The van der Waals surface area contributed by atoms with Crippen molar-refractivity contribution in [3.63, 3.8) is 0 Å². The Hall–Kier alpha value is -5.10. The molecular weight excluding hydrogens is 653 g/mol. The zero-order valence-electron chi connectivity index (χ0n) is 28.7. The van der Waals surface area contributed by atoms with E-state index in [0.29, 0.717) is 55.8 Å². The Morgan fingerprint density at radius 1 is 0.960 bits per heavy atom. The number of aryl methyl sites for hydroxylation is 1. The minimum absolute atomic E-state index is 0.125. The predicted octanol–water partition coefficient (Wildman–Crippen LogP) is 7.99.